The van der Waals surface area contributed by atoms with Gasteiger partial charge in [0.1, 0.15) is 11.6 Å². The van der Waals surface area contributed by atoms with Crippen molar-refractivity contribution in [3.05, 3.63) is 39.1 Å². The standard InChI is InChI=1S/C19H26FN3O3S/c1-26-17-6-5-15(20)13-16(17)22-11-9-21(10-12-22)7-3-2-4-8-23-18(24)14-27-19(23)25/h5-6,13-14,24H,2-4,7-12H2,1H3. The van der Waals surface area contributed by atoms with Crippen molar-refractivity contribution in [1.82, 2.24) is 9.47 Å². The van der Waals surface area contributed by atoms with Crippen LogP contribution in [-0.2, 0) is 6.54 Å². The van der Waals surface area contributed by atoms with Crippen molar-refractivity contribution < 1.29 is 14.2 Å². The third-order valence-corrected chi connectivity index (χ3v) is 5.72. The summed E-state index contributed by atoms with van der Waals surface area (Å²) in [7, 11) is 1.61. The predicted molar refractivity (Wildman–Crippen MR) is 106 cm³/mol. The van der Waals surface area contributed by atoms with E-state index in [1.807, 2.05) is 0 Å². The van der Waals surface area contributed by atoms with Crippen molar-refractivity contribution in [2.24, 2.45) is 0 Å². The molecule has 6 nitrogen and oxygen atoms in total. The Labute approximate surface area is 162 Å². The summed E-state index contributed by atoms with van der Waals surface area (Å²) in [6, 6.07) is 4.63. The lowest BCUT2D eigenvalue weighted by Crippen LogP contribution is -2.46. The lowest BCUT2D eigenvalue weighted by molar-refractivity contribution is 0.250. The first kappa shape index (κ1) is 19.7. The highest BCUT2D eigenvalue weighted by Gasteiger charge is 2.20. The Hall–Kier alpha value is -2.06. The fourth-order valence-electron chi connectivity index (χ4n) is 3.43. The second-order valence-corrected chi connectivity index (χ2v) is 7.54. The first-order valence-corrected chi connectivity index (χ1v) is 10.1. The van der Waals surface area contributed by atoms with Gasteiger partial charge in [-0.2, -0.15) is 0 Å². The summed E-state index contributed by atoms with van der Waals surface area (Å²) in [6.07, 6.45) is 2.95. The number of benzene rings is 1. The number of rotatable bonds is 8. The molecule has 1 saturated heterocycles. The number of unbranched alkanes of at least 4 members (excludes halogenated alkanes) is 2. The molecule has 0 unspecified atom stereocenters. The highest BCUT2D eigenvalue weighted by atomic mass is 32.1. The van der Waals surface area contributed by atoms with Gasteiger partial charge in [0.2, 0.25) is 5.88 Å². The van der Waals surface area contributed by atoms with Gasteiger partial charge in [-0.05, 0) is 31.5 Å². The van der Waals surface area contributed by atoms with Crippen LogP contribution in [0.15, 0.2) is 28.4 Å². The van der Waals surface area contributed by atoms with Crippen LogP contribution >= 0.6 is 11.3 Å². The summed E-state index contributed by atoms with van der Waals surface area (Å²) in [5.41, 5.74) is 0.818. The van der Waals surface area contributed by atoms with E-state index in [0.29, 0.717) is 12.3 Å². The van der Waals surface area contributed by atoms with Crippen LogP contribution in [0.3, 0.4) is 0 Å². The Kier molecular flexibility index (Phi) is 6.73. The molecule has 1 aromatic heterocycles. The summed E-state index contributed by atoms with van der Waals surface area (Å²) >= 11 is 1.03. The van der Waals surface area contributed by atoms with Crippen LogP contribution < -0.4 is 14.5 Å². The molecule has 1 aliphatic heterocycles. The van der Waals surface area contributed by atoms with Crippen LogP contribution in [0.1, 0.15) is 19.3 Å². The third kappa shape index (κ3) is 5.01. The van der Waals surface area contributed by atoms with E-state index in [-0.39, 0.29) is 16.6 Å². The maximum Gasteiger partial charge on any atom is 0.309 e. The number of aromatic nitrogens is 1. The molecule has 2 aromatic rings. The topological polar surface area (TPSA) is 57.9 Å². The van der Waals surface area contributed by atoms with Gasteiger partial charge in [-0.3, -0.25) is 14.3 Å². The monoisotopic (exact) mass is 395 g/mol. The quantitative estimate of drug-likeness (QED) is 0.697. The molecular formula is C19H26FN3O3S. The lowest BCUT2D eigenvalue weighted by Gasteiger charge is -2.36. The third-order valence-electron chi connectivity index (χ3n) is 4.97. The summed E-state index contributed by atoms with van der Waals surface area (Å²) < 4.78 is 20.4. The van der Waals surface area contributed by atoms with E-state index in [4.69, 9.17) is 4.74 Å². The van der Waals surface area contributed by atoms with Crippen LogP contribution in [0, 0.1) is 5.82 Å². The minimum atomic E-state index is -0.246. The molecule has 1 fully saturated rings. The SMILES string of the molecule is COc1ccc(F)cc1N1CCN(CCCCCn2c(O)csc2=O)CC1. The second kappa shape index (κ2) is 9.23. The number of hydrogen-bond donors (Lipinski definition) is 1. The molecule has 0 amide bonds. The first-order valence-electron chi connectivity index (χ1n) is 9.26. The number of thiazole rings is 1. The molecule has 27 heavy (non-hydrogen) atoms. The average Bonchev–Trinajstić information content (AvgIpc) is 3.00. The molecule has 0 spiro atoms. The van der Waals surface area contributed by atoms with Crippen molar-refractivity contribution in [1.29, 1.82) is 0 Å². The molecular weight excluding hydrogens is 369 g/mol. The zero-order valence-corrected chi connectivity index (χ0v) is 16.4. The zero-order valence-electron chi connectivity index (χ0n) is 15.6. The van der Waals surface area contributed by atoms with Crippen LogP contribution in [0.2, 0.25) is 0 Å². The van der Waals surface area contributed by atoms with Crippen molar-refractivity contribution >= 4 is 17.0 Å². The molecule has 1 aromatic carbocycles. The normalized spacial score (nSPS) is 15.3. The van der Waals surface area contributed by atoms with Crippen LogP contribution in [0.25, 0.3) is 0 Å². The van der Waals surface area contributed by atoms with Gasteiger partial charge in [-0.15, -0.1) is 0 Å². The van der Waals surface area contributed by atoms with Gasteiger partial charge in [0, 0.05) is 38.8 Å². The molecule has 0 saturated carbocycles. The fraction of sp³-hybridized carbons (Fsp3) is 0.526. The smallest absolute Gasteiger partial charge is 0.309 e. The number of methoxy groups -OCH3 is 1. The van der Waals surface area contributed by atoms with E-state index in [9.17, 15) is 14.3 Å². The van der Waals surface area contributed by atoms with Crippen LogP contribution in [-0.4, -0.2) is 54.4 Å². The number of anilines is 1. The minimum absolute atomic E-state index is 0.0638. The summed E-state index contributed by atoms with van der Waals surface area (Å²) in [6.45, 7) is 5.14. The van der Waals surface area contributed by atoms with Crippen molar-refractivity contribution in [3.8, 4) is 11.6 Å². The second-order valence-electron chi connectivity index (χ2n) is 6.72. The Morgan fingerprint density at radius 3 is 2.56 bits per heavy atom. The number of halogens is 1. The van der Waals surface area contributed by atoms with E-state index in [1.54, 1.807) is 13.2 Å². The first-order chi connectivity index (χ1) is 13.1. The molecule has 8 heteroatoms. The van der Waals surface area contributed by atoms with Crippen LogP contribution in [0.5, 0.6) is 11.6 Å². The van der Waals surface area contributed by atoms with Crippen molar-refractivity contribution in [2.45, 2.75) is 25.8 Å². The summed E-state index contributed by atoms with van der Waals surface area (Å²) in [5, 5.41) is 11.1. The molecule has 148 valence electrons. The molecule has 0 aliphatic carbocycles. The zero-order chi connectivity index (χ0) is 19.2. The van der Waals surface area contributed by atoms with Gasteiger partial charge < -0.3 is 14.7 Å². The largest absolute Gasteiger partial charge is 0.495 e. The minimum Gasteiger partial charge on any atom is -0.495 e. The molecule has 1 N–H and O–H groups in total. The van der Waals surface area contributed by atoms with E-state index < -0.39 is 0 Å². The number of ether oxygens (including phenoxy) is 1. The van der Waals surface area contributed by atoms with E-state index in [1.165, 1.54) is 22.1 Å². The highest BCUT2D eigenvalue weighted by Crippen LogP contribution is 2.29. The van der Waals surface area contributed by atoms with Gasteiger partial charge >= 0.3 is 4.87 Å². The summed E-state index contributed by atoms with van der Waals surface area (Å²) in [5.74, 6) is 0.523. The Balaban J connectivity index is 1.39. The van der Waals surface area contributed by atoms with E-state index in [2.05, 4.69) is 9.80 Å². The molecule has 0 bridgehead atoms. The molecule has 0 radical (unpaired) electrons. The van der Waals surface area contributed by atoms with Gasteiger partial charge in [-0.1, -0.05) is 17.8 Å². The maximum absolute atomic E-state index is 13.6. The lowest BCUT2D eigenvalue weighted by atomic mass is 10.2. The molecule has 0 atom stereocenters. The Bertz CT molecular complexity index is 800. The van der Waals surface area contributed by atoms with Crippen molar-refractivity contribution in [3.63, 3.8) is 0 Å². The van der Waals surface area contributed by atoms with Gasteiger partial charge in [0.15, 0.2) is 0 Å². The van der Waals surface area contributed by atoms with Gasteiger partial charge in [-0.25, -0.2) is 4.39 Å². The number of piperazine rings is 1. The molecule has 3 rings (SSSR count). The Morgan fingerprint density at radius 1 is 1.15 bits per heavy atom. The summed E-state index contributed by atoms with van der Waals surface area (Å²) in [4.78, 5) is 16.0. The fourth-order valence-corrected chi connectivity index (χ4v) is 4.08. The van der Waals surface area contributed by atoms with Crippen molar-refractivity contribution in [2.75, 3.05) is 44.7 Å². The van der Waals surface area contributed by atoms with Gasteiger partial charge in [0.05, 0.1) is 18.2 Å². The van der Waals surface area contributed by atoms with E-state index >= 15 is 0 Å². The predicted octanol–water partition coefficient (Wildman–Crippen LogP) is 2.76. The number of hydrogen-bond acceptors (Lipinski definition) is 6. The van der Waals surface area contributed by atoms with Crippen LogP contribution in [0.4, 0.5) is 10.1 Å². The average molecular weight is 396 g/mol. The number of aromatic hydroxyl groups is 1. The highest BCUT2D eigenvalue weighted by molar-refractivity contribution is 7.07. The molecule has 1 aliphatic rings. The van der Waals surface area contributed by atoms with E-state index in [0.717, 1.165) is 69.0 Å². The maximum atomic E-state index is 13.6. The number of nitrogens with zero attached hydrogens (tertiary/aromatic N) is 3. The van der Waals surface area contributed by atoms with Gasteiger partial charge in [0.25, 0.3) is 0 Å². The molecule has 2 heterocycles. The Morgan fingerprint density at radius 2 is 1.89 bits per heavy atom.